The molecule has 0 saturated carbocycles. The van der Waals surface area contributed by atoms with Crippen molar-refractivity contribution in [1.29, 1.82) is 0 Å². The average Bonchev–Trinajstić information content (AvgIpc) is 2.30. The van der Waals surface area contributed by atoms with E-state index in [4.69, 9.17) is 34.7 Å². The summed E-state index contributed by atoms with van der Waals surface area (Å²) < 4.78 is 4.45. The first kappa shape index (κ1) is 14.4. The number of ether oxygens (including phenoxy) is 1. The first-order valence-electron chi connectivity index (χ1n) is 4.86. The standard InChI is InChI=1S/C10H11Cl2N3O3/c11-6-3-5(4-7(12)8(6)13)9(16)15-1-2-18-10(14)17/h3-4H,1-2,13H2,(H2,14,17)(H,15,16). The highest BCUT2D eigenvalue weighted by atomic mass is 35.5. The van der Waals surface area contributed by atoms with Crippen molar-refractivity contribution in [1.82, 2.24) is 5.32 Å². The van der Waals surface area contributed by atoms with Gasteiger partial charge in [-0.1, -0.05) is 23.2 Å². The van der Waals surface area contributed by atoms with Crippen molar-refractivity contribution in [3.8, 4) is 0 Å². The number of nitrogens with one attached hydrogen (secondary N) is 1. The van der Waals surface area contributed by atoms with Gasteiger partial charge >= 0.3 is 6.09 Å². The minimum absolute atomic E-state index is 0.0164. The SMILES string of the molecule is NC(=O)OCCNC(=O)c1cc(Cl)c(N)c(Cl)c1. The minimum Gasteiger partial charge on any atom is -0.448 e. The molecule has 0 spiro atoms. The molecule has 5 N–H and O–H groups in total. The molecule has 18 heavy (non-hydrogen) atoms. The molecular weight excluding hydrogens is 281 g/mol. The van der Waals surface area contributed by atoms with Crippen molar-refractivity contribution in [2.24, 2.45) is 5.73 Å². The molecule has 0 radical (unpaired) electrons. The number of halogens is 2. The van der Waals surface area contributed by atoms with Crippen molar-refractivity contribution in [2.45, 2.75) is 0 Å². The Kier molecular flexibility index (Phi) is 5.06. The number of rotatable bonds is 4. The van der Waals surface area contributed by atoms with Gasteiger partial charge in [-0.15, -0.1) is 0 Å². The summed E-state index contributed by atoms with van der Waals surface area (Å²) in [6, 6.07) is 2.79. The van der Waals surface area contributed by atoms with E-state index in [1.165, 1.54) is 12.1 Å². The summed E-state index contributed by atoms with van der Waals surface area (Å²) in [6.07, 6.45) is -0.900. The Morgan fingerprint density at radius 1 is 1.28 bits per heavy atom. The minimum atomic E-state index is -0.900. The molecule has 1 aromatic carbocycles. The zero-order valence-electron chi connectivity index (χ0n) is 9.20. The Hall–Kier alpha value is -1.66. The maximum absolute atomic E-state index is 11.7. The lowest BCUT2D eigenvalue weighted by Gasteiger charge is -2.07. The molecule has 0 aliphatic carbocycles. The molecule has 8 heteroatoms. The van der Waals surface area contributed by atoms with Crippen LogP contribution in [0.3, 0.4) is 0 Å². The second kappa shape index (κ2) is 6.32. The van der Waals surface area contributed by atoms with Gasteiger partial charge in [0, 0.05) is 5.56 Å². The lowest BCUT2D eigenvalue weighted by molar-refractivity contribution is 0.0937. The maximum atomic E-state index is 11.7. The summed E-state index contributed by atoms with van der Waals surface area (Å²) in [5.74, 6) is -0.410. The summed E-state index contributed by atoms with van der Waals surface area (Å²) >= 11 is 11.6. The topological polar surface area (TPSA) is 107 Å². The van der Waals surface area contributed by atoms with E-state index in [9.17, 15) is 9.59 Å². The molecule has 0 fully saturated rings. The number of nitrogens with two attached hydrogens (primary N) is 2. The number of nitrogen functional groups attached to an aromatic ring is 1. The fourth-order valence-electron chi connectivity index (χ4n) is 1.13. The van der Waals surface area contributed by atoms with E-state index in [0.29, 0.717) is 0 Å². The number of hydrogen-bond donors (Lipinski definition) is 3. The quantitative estimate of drug-likeness (QED) is 0.575. The number of benzene rings is 1. The van der Waals surface area contributed by atoms with Gasteiger partial charge in [-0.05, 0) is 12.1 Å². The van der Waals surface area contributed by atoms with Crippen molar-refractivity contribution >= 4 is 40.9 Å². The molecule has 0 aliphatic rings. The highest BCUT2D eigenvalue weighted by molar-refractivity contribution is 6.39. The summed E-state index contributed by atoms with van der Waals surface area (Å²) in [5.41, 5.74) is 10.8. The predicted molar refractivity (Wildman–Crippen MR) is 68.7 cm³/mol. The van der Waals surface area contributed by atoms with Gasteiger partial charge in [-0.25, -0.2) is 4.79 Å². The Morgan fingerprint density at radius 3 is 2.33 bits per heavy atom. The molecule has 0 saturated heterocycles. The summed E-state index contributed by atoms with van der Waals surface area (Å²) in [4.78, 5) is 21.9. The maximum Gasteiger partial charge on any atom is 0.404 e. The van der Waals surface area contributed by atoms with Gasteiger partial charge in [-0.2, -0.15) is 0 Å². The van der Waals surface area contributed by atoms with E-state index in [-0.39, 0.29) is 34.4 Å². The third kappa shape index (κ3) is 3.97. The largest absolute Gasteiger partial charge is 0.448 e. The van der Waals surface area contributed by atoms with Crippen molar-refractivity contribution in [3.05, 3.63) is 27.7 Å². The van der Waals surface area contributed by atoms with E-state index in [1.807, 2.05) is 0 Å². The first-order chi connectivity index (χ1) is 8.41. The van der Waals surface area contributed by atoms with Crippen LogP contribution >= 0.6 is 23.2 Å². The number of hydrogen-bond acceptors (Lipinski definition) is 4. The lowest BCUT2D eigenvalue weighted by atomic mass is 10.2. The second-order valence-corrected chi connectivity index (χ2v) is 4.09. The van der Waals surface area contributed by atoms with Crippen LogP contribution in [-0.4, -0.2) is 25.2 Å². The zero-order chi connectivity index (χ0) is 13.7. The summed E-state index contributed by atoms with van der Waals surface area (Å²) in [7, 11) is 0. The van der Waals surface area contributed by atoms with Crippen LogP contribution in [0.25, 0.3) is 0 Å². The van der Waals surface area contributed by atoms with Gasteiger partial charge in [0.1, 0.15) is 6.61 Å². The van der Waals surface area contributed by atoms with Crippen LogP contribution in [0.4, 0.5) is 10.5 Å². The van der Waals surface area contributed by atoms with E-state index in [2.05, 4.69) is 10.1 Å². The van der Waals surface area contributed by atoms with E-state index < -0.39 is 12.0 Å². The molecule has 0 atom stereocenters. The first-order valence-corrected chi connectivity index (χ1v) is 5.62. The monoisotopic (exact) mass is 291 g/mol. The molecule has 1 aromatic rings. The van der Waals surface area contributed by atoms with E-state index in [0.717, 1.165) is 0 Å². The molecular formula is C10H11Cl2N3O3. The van der Waals surface area contributed by atoms with Gasteiger partial charge in [0.15, 0.2) is 0 Å². The molecule has 0 heterocycles. The van der Waals surface area contributed by atoms with E-state index >= 15 is 0 Å². The number of anilines is 1. The van der Waals surface area contributed by atoms with E-state index in [1.54, 1.807) is 0 Å². The summed E-state index contributed by atoms with van der Waals surface area (Å²) in [5, 5.41) is 2.89. The predicted octanol–water partition coefficient (Wildman–Crippen LogP) is 1.40. The molecule has 1 rings (SSSR count). The van der Waals surface area contributed by atoms with Gasteiger partial charge in [0.2, 0.25) is 0 Å². The zero-order valence-corrected chi connectivity index (χ0v) is 10.7. The van der Waals surface area contributed by atoms with Gasteiger partial charge in [0.25, 0.3) is 5.91 Å². The normalized spacial score (nSPS) is 9.89. The van der Waals surface area contributed by atoms with Crippen LogP contribution in [0.5, 0.6) is 0 Å². The smallest absolute Gasteiger partial charge is 0.404 e. The molecule has 0 aliphatic heterocycles. The Morgan fingerprint density at radius 2 is 1.83 bits per heavy atom. The fourth-order valence-corrected chi connectivity index (χ4v) is 1.62. The Balaban J connectivity index is 2.59. The molecule has 2 amide bonds. The second-order valence-electron chi connectivity index (χ2n) is 3.28. The molecule has 0 bridgehead atoms. The van der Waals surface area contributed by atoms with Crippen LogP contribution < -0.4 is 16.8 Å². The Bertz CT molecular complexity index is 456. The Labute approximate surface area is 113 Å². The fraction of sp³-hybridized carbons (Fsp3) is 0.200. The highest BCUT2D eigenvalue weighted by Crippen LogP contribution is 2.28. The van der Waals surface area contributed by atoms with Crippen LogP contribution in [0, 0.1) is 0 Å². The van der Waals surface area contributed by atoms with Crippen molar-refractivity contribution in [3.63, 3.8) is 0 Å². The third-order valence-corrected chi connectivity index (χ3v) is 2.60. The van der Waals surface area contributed by atoms with Crippen LogP contribution in [0.15, 0.2) is 12.1 Å². The molecule has 0 unspecified atom stereocenters. The molecule has 6 nitrogen and oxygen atoms in total. The number of amides is 2. The van der Waals surface area contributed by atoms with Crippen molar-refractivity contribution < 1.29 is 14.3 Å². The number of primary amides is 1. The number of carbonyl (C=O) groups excluding carboxylic acids is 2. The summed E-state index contributed by atoms with van der Waals surface area (Å²) in [6.45, 7) is 0.110. The average molecular weight is 292 g/mol. The molecule has 98 valence electrons. The number of carbonyl (C=O) groups is 2. The highest BCUT2D eigenvalue weighted by Gasteiger charge is 2.10. The van der Waals surface area contributed by atoms with Crippen molar-refractivity contribution in [2.75, 3.05) is 18.9 Å². The van der Waals surface area contributed by atoms with Crippen LogP contribution in [0.1, 0.15) is 10.4 Å². The van der Waals surface area contributed by atoms with Crippen LogP contribution in [0.2, 0.25) is 10.0 Å². The third-order valence-electron chi connectivity index (χ3n) is 1.97. The lowest BCUT2D eigenvalue weighted by Crippen LogP contribution is -2.29. The molecule has 0 aromatic heterocycles. The van der Waals surface area contributed by atoms with Gasteiger partial charge in [0.05, 0.1) is 22.3 Å². The van der Waals surface area contributed by atoms with Crippen LogP contribution in [-0.2, 0) is 4.74 Å². The van der Waals surface area contributed by atoms with Gasteiger partial charge < -0.3 is 21.5 Å². The van der Waals surface area contributed by atoms with Gasteiger partial charge in [-0.3, -0.25) is 4.79 Å².